The highest BCUT2D eigenvalue weighted by atomic mass is 16.4. The summed E-state index contributed by atoms with van der Waals surface area (Å²) in [7, 11) is 0. The lowest BCUT2D eigenvalue weighted by Gasteiger charge is -2.14. The van der Waals surface area contributed by atoms with Gasteiger partial charge in [-0.3, -0.25) is 0 Å². The molecule has 0 aliphatic rings. The van der Waals surface area contributed by atoms with E-state index in [4.69, 9.17) is 5.21 Å². The van der Waals surface area contributed by atoms with Crippen molar-refractivity contribution in [1.29, 1.82) is 0 Å². The number of hydrogen-bond acceptors (Lipinski definition) is 2. The van der Waals surface area contributed by atoms with Gasteiger partial charge in [-0.25, -0.2) is 4.98 Å². The molecule has 19 heavy (non-hydrogen) atoms. The SMILES string of the molecule is Cc1cc(C)c(Cn2ccnc2C)c(C)c1C#[N+]O. The van der Waals surface area contributed by atoms with E-state index >= 15 is 0 Å². The first-order valence-corrected chi connectivity index (χ1v) is 6.22. The van der Waals surface area contributed by atoms with Crippen LogP contribution in [0.4, 0.5) is 0 Å². The molecule has 2 aromatic rings. The number of benzene rings is 1. The van der Waals surface area contributed by atoms with Crippen LogP contribution in [-0.4, -0.2) is 14.8 Å². The van der Waals surface area contributed by atoms with Crippen LogP contribution in [-0.2, 0) is 6.54 Å². The molecule has 1 N–H and O–H groups in total. The van der Waals surface area contributed by atoms with Crippen molar-refractivity contribution in [3.8, 4) is 6.07 Å². The highest BCUT2D eigenvalue weighted by molar-refractivity contribution is 5.51. The molecular formula is C15H18N3O+. The Bertz CT molecular complexity index is 675. The molecule has 1 aromatic heterocycles. The van der Waals surface area contributed by atoms with Crippen LogP contribution in [0.3, 0.4) is 0 Å². The number of nitrogens with zero attached hydrogens (tertiary/aromatic N) is 3. The van der Waals surface area contributed by atoms with Gasteiger partial charge in [0, 0.05) is 18.9 Å². The number of imidazole rings is 1. The number of hydrogen-bond donors (Lipinski definition) is 1. The van der Waals surface area contributed by atoms with E-state index in [0.717, 1.165) is 29.1 Å². The molecule has 0 bridgehead atoms. The highest BCUT2D eigenvalue weighted by Crippen LogP contribution is 2.23. The van der Waals surface area contributed by atoms with Gasteiger partial charge in [0.05, 0.1) is 0 Å². The Morgan fingerprint density at radius 2 is 2.00 bits per heavy atom. The molecule has 0 amide bonds. The van der Waals surface area contributed by atoms with Gasteiger partial charge >= 0.3 is 6.07 Å². The third kappa shape index (κ3) is 2.45. The zero-order valence-corrected chi connectivity index (χ0v) is 11.7. The van der Waals surface area contributed by atoms with Gasteiger partial charge in [-0.2, -0.15) is 5.21 Å². The average Bonchev–Trinajstić information content (AvgIpc) is 2.76. The summed E-state index contributed by atoms with van der Waals surface area (Å²) >= 11 is 0. The Hall–Kier alpha value is -2.28. The summed E-state index contributed by atoms with van der Waals surface area (Å²) < 4.78 is 2.10. The average molecular weight is 256 g/mol. The van der Waals surface area contributed by atoms with Crippen molar-refractivity contribution < 1.29 is 5.21 Å². The van der Waals surface area contributed by atoms with Crippen molar-refractivity contribution in [1.82, 2.24) is 9.55 Å². The minimum atomic E-state index is 0.768. The summed E-state index contributed by atoms with van der Waals surface area (Å²) in [5.41, 5.74) is 5.48. The lowest BCUT2D eigenvalue weighted by Crippen LogP contribution is -2.07. The summed E-state index contributed by atoms with van der Waals surface area (Å²) in [6.07, 6.45) is 3.77. The number of aromatic nitrogens is 2. The molecule has 4 heteroatoms. The molecule has 0 saturated heterocycles. The van der Waals surface area contributed by atoms with Crippen LogP contribution in [0.15, 0.2) is 18.5 Å². The standard InChI is InChI=1S/C15H17N3O/c1-10-7-11(2)15(12(3)14(10)8-17-19)9-18-6-5-16-13(18)4/h5-7H,9H2,1-4H3/p+1. The van der Waals surface area contributed by atoms with E-state index in [1.54, 1.807) is 6.20 Å². The van der Waals surface area contributed by atoms with Gasteiger partial charge < -0.3 is 4.57 Å². The van der Waals surface area contributed by atoms with Crippen molar-refractivity contribution in [2.24, 2.45) is 0 Å². The van der Waals surface area contributed by atoms with Gasteiger partial charge in [0.1, 0.15) is 11.4 Å². The molecule has 0 unspecified atom stereocenters. The first-order chi connectivity index (χ1) is 9.04. The maximum atomic E-state index is 8.73. The molecule has 0 radical (unpaired) electrons. The minimum absolute atomic E-state index is 0.768. The molecule has 98 valence electrons. The first kappa shape index (κ1) is 13.2. The smallest absolute Gasteiger partial charge is 0.331 e. The second-order valence-electron chi connectivity index (χ2n) is 4.80. The zero-order chi connectivity index (χ0) is 14.0. The van der Waals surface area contributed by atoms with Crippen LogP contribution >= 0.6 is 0 Å². The maximum Gasteiger partial charge on any atom is 0.388 e. The summed E-state index contributed by atoms with van der Waals surface area (Å²) in [5.74, 6) is 0.987. The highest BCUT2D eigenvalue weighted by Gasteiger charge is 2.14. The molecule has 2 rings (SSSR count). The zero-order valence-electron chi connectivity index (χ0n) is 11.7. The van der Waals surface area contributed by atoms with Crippen LogP contribution < -0.4 is 0 Å². The van der Waals surface area contributed by atoms with Crippen molar-refractivity contribution in [2.75, 3.05) is 0 Å². The molecular weight excluding hydrogens is 238 g/mol. The largest absolute Gasteiger partial charge is 0.388 e. The van der Waals surface area contributed by atoms with E-state index in [0.29, 0.717) is 0 Å². The third-order valence-electron chi connectivity index (χ3n) is 3.54. The summed E-state index contributed by atoms with van der Waals surface area (Å²) in [4.78, 5) is 4.24. The van der Waals surface area contributed by atoms with Gasteiger partial charge in [0.25, 0.3) is 0 Å². The molecule has 0 aliphatic heterocycles. The predicted molar refractivity (Wildman–Crippen MR) is 74.9 cm³/mol. The summed E-state index contributed by atoms with van der Waals surface area (Å²) in [5, 5.41) is 11.8. The molecule has 0 aliphatic carbocycles. The van der Waals surface area contributed by atoms with Crippen molar-refractivity contribution in [2.45, 2.75) is 34.2 Å². The van der Waals surface area contributed by atoms with Gasteiger partial charge in [0.15, 0.2) is 0 Å². The molecule has 1 aromatic carbocycles. The van der Waals surface area contributed by atoms with Crippen molar-refractivity contribution >= 4 is 0 Å². The lowest BCUT2D eigenvalue weighted by molar-refractivity contribution is 0.465. The predicted octanol–water partition coefficient (Wildman–Crippen LogP) is 3.24. The topological polar surface area (TPSA) is 42.4 Å². The molecule has 4 nitrogen and oxygen atoms in total. The summed E-state index contributed by atoms with van der Waals surface area (Å²) in [6, 6.07) is 4.76. The maximum absolute atomic E-state index is 8.73. The second-order valence-corrected chi connectivity index (χ2v) is 4.80. The fraction of sp³-hybridized carbons (Fsp3) is 0.333. The Labute approximate surface area is 113 Å². The number of aryl methyl sites for hydroxylation is 3. The van der Waals surface area contributed by atoms with Crippen LogP contribution in [0.25, 0.3) is 5.01 Å². The molecule has 0 saturated carbocycles. The van der Waals surface area contributed by atoms with E-state index in [-0.39, 0.29) is 0 Å². The van der Waals surface area contributed by atoms with E-state index < -0.39 is 0 Å². The third-order valence-corrected chi connectivity index (χ3v) is 3.54. The van der Waals surface area contributed by atoms with Crippen LogP contribution in [0.1, 0.15) is 33.6 Å². The monoisotopic (exact) mass is 256 g/mol. The normalized spacial score (nSPS) is 10.1. The lowest BCUT2D eigenvalue weighted by atomic mass is 9.94. The van der Waals surface area contributed by atoms with E-state index in [1.807, 2.05) is 27.0 Å². The first-order valence-electron chi connectivity index (χ1n) is 6.22. The quantitative estimate of drug-likeness (QED) is 0.838. The molecule has 1 heterocycles. The Kier molecular flexibility index (Phi) is 3.57. The molecule has 0 atom stereocenters. The van der Waals surface area contributed by atoms with E-state index in [1.165, 1.54) is 11.1 Å². The fourth-order valence-corrected chi connectivity index (χ4v) is 2.43. The van der Waals surface area contributed by atoms with Crippen molar-refractivity contribution in [3.63, 3.8) is 0 Å². The van der Waals surface area contributed by atoms with Crippen molar-refractivity contribution in [3.05, 3.63) is 57.1 Å². The van der Waals surface area contributed by atoms with E-state index in [9.17, 15) is 0 Å². The van der Waals surface area contributed by atoms with Gasteiger partial charge in [-0.05, 0) is 49.9 Å². The van der Waals surface area contributed by atoms with Crippen LogP contribution in [0, 0.1) is 33.8 Å². The van der Waals surface area contributed by atoms with Gasteiger partial charge in [-0.1, -0.05) is 6.07 Å². The fourth-order valence-electron chi connectivity index (χ4n) is 2.43. The van der Waals surface area contributed by atoms with Gasteiger partial charge in [0.2, 0.25) is 5.01 Å². The van der Waals surface area contributed by atoms with E-state index in [2.05, 4.69) is 33.6 Å². The molecule has 0 spiro atoms. The Balaban J connectivity index is 2.53. The molecule has 0 fully saturated rings. The Morgan fingerprint density at radius 3 is 2.58 bits per heavy atom. The van der Waals surface area contributed by atoms with Crippen LogP contribution in [0.5, 0.6) is 0 Å². The van der Waals surface area contributed by atoms with Crippen LogP contribution in [0.2, 0.25) is 0 Å². The summed E-state index contributed by atoms with van der Waals surface area (Å²) in [6.45, 7) is 8.89. The Morgan fingerprint density at radius 1 is 1.26 bits per heavy atom. The van der Waals surface area contributed by atoms with Gasteiger partial charge in [-0.15, -0.1) is 0 Å². The number of rotatable bonds is 2. The second kappa shape index (κ2) is 5.15. The minimum Gasteiger partial charge on any atom is -0.331 e.